The number of fused-ring (bicyclic) bond motifs is 1. The van der Waals surface area contributed by atoms with Gasteiger partial charge in [0.15, 0.2) is 11.0 Å². The van der Waals surface area contributed by atoms with Gasteiger partial charge in [-0.15, -0.1) is 39.4 Å². The van der Waals surface area contributed by atoms with Crippen LogP contribution in [0.25, 0.3) is 11.4 Å². The van der Waals surface area contributed by atoms with Crippen molar-refractivity contribution in [3.8, 4) is 11.4 Å². The van der Waals surface area contributed by atoms with E-state index in [1.165, 1.54) is 47.1 Å². The number of aromatic nitrogens is 3. The third-order valence-corrected chi connectivity index (χ3v) is 9.29. The molecule has 1 atom stereocenters. The largest absolute Gasteiger partial charge is 0.465 e. The first-order valence-corrected chi connectivity index (χ1v) is 14.3. The van der Waals surface area contributed by atoms with Gasteiger partial charge in [0.05, 0.1) is 18.4 Å². The van der Waals surface area contributed by atoms with Crippen LogP contribution in [0, 0.1) is 12.8 Å². The highest BCUT2D eigenvalue weighted by atomic mass is 32.2. The zero-order valence-electron chi connectivity index (χ0n) is 20.5. The molecular formula is C25H30N4O3S3. The van der Waals surface area contributed by atoms with Crippen molar-refractivity contribution >= 4 is 51.3 Å². The predicted molar refractivity (Wildman–Crippen MR) is 144 cm³/mol. The van der Waals surface area contributed by atoms with Gasteiger partial charge in [0, 0.05) is 27.2 Å². The van der Waals surface area contributed by atoms with Crippen molar-refractivity contribution in [1.82, 2.24) is 14.8 Å². The molecule has 10 heteroatoms. The summed E-state index contributed by atoms with van der Waals surface area (Å²) in [4.78, 5) is 27.6. The van der Waals surface area contributed by atoms with Crippen LogP contribution in [-0.2, 0) is 35.3 Å². The number of rotatable bonds is 9. The smallest absolute Gasteiger partial charge is 0.341 e. The molecule has 0 bridgehead atoms. The topological polar surface area (TPSA) is 86.1 Å². The number of thioether (sulfide) groups is 1. The molecular weight excluding hydrogens is 501 g/mol. The Bertz CT molecular complexity index is 1260. The Balaban J connectivity index is 1.52. The number of amides is 1. The minimum Gasteiger partial charge on any atom is -0.465 e. The Morgan fingerprint density at radius 1 is 1.40 bits per heavy atom. The van der Waals surface area contributed by atoms with Gasteiger partial charge in [-0.25, -0.2) is 4.79 Å². The number of nitrogens with zero attached hydrogens (tertiary/aromatic N) is 3. The lowest BCUT2D eigenvalue weighted by molar-refractivity contribution is -0.113. The van der Waals surface area contributed by atoms with E-state index in [1.807, 2.05) is 24.5 Å². The van der Waals surface area contributed by atoms with Gasteiger partial charge in [-0.3, -0.25) is 9.36 Å². The number of methoxy groups -OCH3 is 1. The molecule has 186 valence electrons. The number of hydrogen-bond donors (Lipinski definition) is 1. The molecule has 0 spiro atoms. The van der Waals surface area contributed by atoms with Crippen LogP contribution in [-0.4, -0.2) is 39.5 Å². The highest BCUT2D eigenvalue weighted by Gasteiger charge is 2.26. The van der Waals surface area contributed by atoms with Crippen molar-refractivity contribution in [2.24, 2.45) is 5.92 Å². The summed E-state index contributed by atoms with van der Waals surface area (Å²) >= 11 is 4.53. The fourth-order valence-electron chi connectivity index (χ4n) is 4.46. The van der Waals surface area contributed by atoms with Crippen LogP contribution in [0.2, 0.25) is 0 Å². The van der Waals surface area contributed by atoms with E-state index in [2.05, 4.69) is 34.4 Å². The van der Waals surface area contributed by atoms with Crippen molar-refractivity contribution in [2.45, 2.75) is 58.2 Å². The average molecular weight is 531 g/mol. The molecule has 0 aliphatic heterocycles. The number of carbonyl (C=O) groups excluding carboxylic acids is 2. The molecule has 7 nitrogen and oxygen atoms in total. The van der Waals surface area contributed by atoms with Crippen molar-refractivity contribution in [3.63, 3.8) is 0 Å². The lowest BCUT2D eigenvalue weighted by Gasteiger charge is -2.19. The van der Waals surface area contributed by atoms with Crippen molar-refractivity contribution < 1.29 is 14.3 Å². The van der Waals surface area contributed by atoms with Gasteiger partial charge >= 0.3 is 5.97 Å². The number of thiophene rings is 2. The minimum absolute atomic E-state index is 0.146. The molecule has 1 amide bonds. The maximum atomic E-state index is 12.8. The van der Waals surface area contributed by atoms with E-state index in [1.54, 1.807) is 11.3 Å². The van der Waals surface area contributed by atoms with Gasteiger partial charge < -0.3 is 10.1 Å². The highest BCUT2D eigenvalue weighted by molar-refractivity contribution is 7.99. The van der Waals surface area contributed by atoms with Gasteiger partial charge in [-0.05, 0) is 49.7 Å². The number of hydrogen-bond acceptors (Lipinski definition) is 8. The predicted octanol–water partition coefficient (Wildman–Crippen LogP) is 5.77. The molecule has 1 unspecified atom stereocenters. The fraction of sp³-hybridized carbons (Fsp3) is 0.440. The lowest BCUT2D eigenvalue weighted by Crippen LogP contribution is -2.16. The molecule has 3 heterocycles. The zero-order chi connectivity index (χ0) is 25.1. The first-order valence-electron chi connectivity index (χ1n) is 11.6. The molecule has 35 heavy (non-hydrogen) atoms. The second kappa shape index (κ2) is 11.1. The third-order valence-electron chi connectivity index (χ3n) is 6.21. The van der Waals surface area contributed by atoms with Crippen molar-refractivity contribution in [3.05, 3.63) is 44.5 Å². The van der Waals surface area contributed by atoms with Gasteiger partial charge in [0.25, 0.3) is 0 Å². The standard InChI is InChI=1S/C25H30N4O3S3/c1-6-10-29-22(18-12-33-19-11-14(3)8-9-17(18)19)27-28-25(29)34-13-20(30)26-23-21(24(31)32-5)16(7-2)15(4)35-23/h6,12,14H,1,7-11,13H2,2-5H3,(H,26,30). The molecule has 0 radical (unpaired) electrons. The Morgan fingerprint density at radius 3 is 2.91 bits per heavy atom. The molecule has 1 aliphatic rings. The average Bonchev–Trinajstić information content (AvgIpc) is 3.51. The van der Waals surface area contributed by atoms with Crippen molar-refractivity contribution in [1.29, 1.82) is 0 Å². The number of aryl methyl sites for hydroxylation is 1. The molecule has 0 fully saturated rings. The first kappa shape index (κ1) is 25.7. The monoisotopic (exact) mass is 530 g/mol. The summed E-state index contributed by atoms with van der Waals surface area (Å²) in [6.07, 6.45) is 5.87. The normalized spacial score (nSPS) is 15.0. The van der Waals surface area contributed by atoms with E-state index in [0.29, 0.717) is 34.6 Å². The third kappa shape index (κ3) is 5.24. The van der Waals surface area contributed by atoms with Crippen LogP contribution < -0.4 is 5.32 Å². The molecule has 1 aliphatic carbocycles. The van der Waals surface area contributed by atoms with E-state index in [0.717, 1.165) is 34.7 Å². The second-order valence-electron chi connectivity index (χ2n) is 8.63. The number of ether oxygens (including phenoxy) is 1. The Morgan fingerprint density at radius 2 is 2.20 bits per heavy atom. The molecule has 3 aromatic rings. The highest BCUT2D eigenvalue weighted by Crippen LogP contribution is 2.38. The van der Waals surface area contributed by atoms with Crippen molar-refractivity contribution in [2.75, 3.05) is 18.2 Å². The lowest BCUT2D eigenvalue weighted by atomic mass is 9.88. The van der Waals surface area contributed by atoms with Gasteiger partial charge in [-0.2, -0.15) is 0 Å². The van der Waals surface area contributed by atoms with E-state index in [-0.39, 0.29) is 11.7 Å². The van der Waals surface area contributed by atoms with Crippen LogP contribution in [0.1, 0.15) is 51.5 Å². The number of anilines is 1. The number of esters is 1. The first-order chi connectivity index (χ1) is 16.9. The minimum atomic E-state index is -0.432. The number of nitrogens with one attached hydrogen (secondary N) is 1. The maximum Gasteiger partial charge on any atom is 0.341 e. The molecule has 3 aromatic heterocycles. The summed E-state index contributed by atoms with van der Waals surface area (Å²) in [5.74, 6) is 1.05. The van der Waals surface area contributed by atoms with Crippen LogP contribution in [0.15, 0.2) is 23.2 Å². The van der Waals surface area contributed by atoms with Crippen LogP contribution in [0.5, 0.6) is 0 Å². The fourth-order valence-corrected chi connectivity index (χ4v) is 7.60. The zero-order valence-corrected chi connectivity index (χ0v) is 22.9. The van der Waals surface area contributed by atoms with Gasteiger partial charge in [-0.1, -0.05) is 31.7 Å². The SMILES string of the molecule is C=CCn1c(SCC(=O)Nc2sc(C)c(CC)c2C(=O)OC)nnc1-c1csc2c1CCC(C)C2. The Hall–Kier alpha value is -2.43. The quantitative estimate of drug-likeness (QED) is 0.215. The number of allylic oxidation sites excluding steroid dienone is 1. The maximum absolute atomic E-state index is 12.8. The van der Waals surface area contributed by atoms with E-state index in [9.17, 15) is 9.59 Å². The summed E-state index contributed by atoms with van der Waals surface area (Å²) in [6, 6.07) is 0. The number of carbonyl (C=O) groups is 2. The van der Waals surface area contributed by atoms with Crippen LogP contribution in [0.4, 0.5) is 5.00 Å². The summed E-state index contributed by atoms with van der Waals surface area (Å²) in [5.41, 5.74) is 3.89. The summed E-state index contributed by atoms with van der Waals surface area (Å²) in [7, 11) is 1.35. The van der Waals surface area contributed by atoms with Crippen LogP contribution >= 0.6 is 34.4 Å². The van der Waals surface area contributed by atoms with Crippen LogP contribution in [0.3, 0.4) is 0 Å². The molecule has 0 aromatic carbocycles. The van der Waals surface area contributed by atoms with Gasteiger partial charge in [0.2, 0.25) is 5.91 Å². The van der Waals surface area contributed by atoms with E-state index in [4.69, 9.17) is 4.74 Å². The second-order valence-corrected chi connectivity index (χ2v) is 11.8. The molecule has 4 rings (SSSR count). The van der Waals surface area contributed by atoms with E-state index < -0.39 is 5.97 Å². The summed E-state index contributed by atoms with van der Waals surface area (Å²) in [5, 5.41) is 15.2. The summed E-state index contributed by atoms with van der Waals surface area (Å²) < 4.78 is 6.97. The Kier molecular flexibility index (Phi) is 8.13. The van der Waals surface area contributed by atoms with Gasteiger partial charge in [0.1, 0.15) is 5.00 Å². The molecule has 1 N–H and O–H groups in total. The molecule has 0 saturated carbocycles. The summed E-state index contributed by atoms with van der Waals surface area (Å²) in [6.45, 7) is 10.7. The molecule has 0 saturated heterocycles. The Labute approximate surface area is 218 Å². The van der Waals surface area contributed by atoms with E-state index >= 15 is 0 Å².